The molecule has 0 aliphatic rings. The van der Waals surface area contributed by atoms with E-state index in [0.29, 0.717) is 27.0 Å². The summed E-state index contributed by atoms with van der Waals surface area (Å²) in [6, 6.07) is 13.1. The zero-order valence-electron chi connectivity index (χ0n) is 12.1. The van der Waals surface area contributed by atoms with Crippen LogP contribution in [0.2, 0.25) is 0 Å². The lowest BCUT2D eigenvalue weighted by atomic mass is 10.1. The fourth-order valence-corrected chi connectivity index (χ4v) is 3.14. The Balaban J connectivity index is 2.22. The van der Waals surface area contributed by atoms with Crippen molar-refractivity contribution in [1.82, 2.24) is 0 Å². The lowest BCUT2D eigenvalue weighted by Crippen LogP contribution is -2.04. The number of thioether (sulfide) groups is 1. The van der Waals surface area contributed by atoms with E-state index in [2.05, 4.69) is 15.9 Å². The van der Waals surface area contributed by atoms with Gasteiger partial charge in [0.25, 0.3) is 0 Å². The molecular formula is C17H13BrO3S. The van der Waals surface area contributed by atoms with Crippen LogP contribution in [-0.4, -0.2) is 13.4 Å². The van der Waals surface area contributed by atoms with Crippen LogP contribution in [0.5, 0.6) is 5.75 Å². The Labute approximate surface area is 140 Å². The smallest absolute Gasteiger partial charge is 0.207 e. The first kappa shape index (κ1) is 15.2. The minimum Gasteiger partial charge on any atom is -0.497 e. The van der Waals surface area contributed by atoms with Crippen LogP contribution in [0.15, 0.2) is 61.0 Å². The second-order valence-electron chi connectivity index (χ2n) is 4.66. The highest BCUT2D eigenvalue weighted by Crippen LogP contribution is 2.31. The Morgan fingerprint density at radius 2 is 1.86 bits per heavy atom. The van der Waals surface area contributed by atoms with Gasteiger partial charge in [-0.2, -0.15) is 0 Å². The van der Waals surface area contributed by atoms with Gasteiger partial charge in [0.2, 0.25) is 5.43 Å². The summed E-state index contributed by atoms with van der Waals surface area (Å²) in [6.07, 6.45) is 2.02. The van der Waals surface area contributed by atoms with Crippen molar-refractivity contribution in [3.8, 4) is 17.1 Å². The average Bonchev–Trinajstić information content (AvgIpc) is 2.58. The summed E-state index contributed by atoms with van der Waals surface area (Å²) >= 11 is 5.04. The highest BCUT2D eigenvalue weighted by atomic mass is 79.9. The fourth-order valence-electron chi connectivity index (χ4n) is 2.21. The molecule has 0 bridgehead atoms. The number of rotatable bonds is 3. The van der Waals surface area contributed by atoms with Crippen LogP contribution in [0.4, 0.5) is 0 Å². The van der Waals surface area contributed by atoms with Crippen LogP contribution in [0, 0.1) is 0 Å². The molecule has 22 heavy (non-hydrogen) atoms. The quantitative estimate of drug-likeness (QED) is 0.606. The Hall–Kier alpha value is -1.72. The third-order valence-electron chi connectivity index (χ3n) is 3.39. The molecule has 0 spiro atoms. The van der Waals surface area contributed by atoms with Gasteiger partial charge in [0.05, 0.1) is 12.5 Å². The van der Waals surface area contributed by atoms with E-state index in [1.165, 1.54) is 0 Å². The predicted octanol–water partition coefficient (Wildman–Crippen LogP) is 4.95. The highest BCUT2D eigenvalue weighted by molar-refractivity contribution is 9.10. The molecule has 112 valence electrons. The lowest BCUT2D eigenvalue weighted by molar-refractivity contribution is 0.415. The molecule has 0 saturated heterocycles. The largest absolute Gasteiger partial charge is 0.497 e. The van der Waals surface area contributed by atoms with E-state index in [0.717, 1.165) is 10.5 Å². The molecular weight excluding hydrogens is 364 g/mol. The summed E-state index contributed by atoms with van der Waals surface area (Å²) in [7, 11) is 1.57. The molecule has 3 rings (SSSR count). The van der Waals surface area contributed by atoms with Gasteiger partial charge in [-0.15, -0.1) is 11.8 Å². The molecule has 0 aliphatic carbocycles. The highest BCUT2D eigenvalue weighted by Gasteiger charge is 2.14. The standard InChI is InChI=1S/C17H13BrO3S/c1-20-11-5-8-14-13(9-11)16(19)15(18)17(21-14)10-3-6-12(22-2)7-4-10/h3-9H,1-2H3. The van der Waals surface area contributed by atoms with Crippen LogP contribution >= 0.6 is 27.7 Å². The number of halogens is 1. The monoisotopic (exact) mass is 376 g/mol. The topological polar surface area (TPSA) is 39.4 Å². The molecule has 0 amide bonds. The molecule has 0 aliphatic heterocycles. The molecule has 2 aromatic carbocycles. The third-order valence-corrected chi connectivity index (χ3v) is 4.86. The van der Waals surface area contributed by atoms with Crippen LogP contribution < -0.4 is 10.2 Å². The van der Waals surface area contributed by atoms with Crippen LogP contribution in [0.3, 0.4) is 0 Å². The third kappa shape index (κ3) is 2.66. The van der Waals surface area contributed by atoms with Gasteiger partial charge in [-0.3, -0.25) is 4.79 Å². The summed E-state index contributed by atoms with van der Waals surface area (Å²) in [6.45, 7) is 0. The first-order valence-electron chi connectivity index (χ1n) is 6.59. The summed E-state index contributed by atoms with van der Waals surface area (Å²) < 4.78 is 11.5. The van der Waals surface area contributed by atoms with Crippen molar-refractivity contribution in [2.24, 2.45) is 0 Å². The maximum atomic E-state index is 12.5. The molecule has 0 N–H and O–H groups in total. The molecule has 0 atom stereocenters. The van der Waals surface area contributed by atoms with Gasteiger partial charge in [-0.25, -0.2) is 0 Å². The van der Waals surface area contributed by atoms with Crippen molar-refractivity contribution in [3.63, 3.8) is 0 Å². The van der Waals surface area contributed by atoms with Crippen LogP contribution in [0.1, 0.15) is 0 Å². The Morgan fingerprint density at radius 3 is 2.50 bits per heavy atom. The number of hydrogen-bond donors (Lipinski definition) is 0. The van der Waals surface area contributed by atoms with Crippen molar-refractivity contribution in [2.75, 3.05) is 13.4 Å². The van der Waals surface area contributed by atoms with Gasteiger partial charge in [0.1, 0.15) is 15.8 Å². The van der Waals surface area contributed by atoms with E-state index in [9.17, 15) is 4.79 Å². The molecule has 5 heteroatoms. The van der Waals surface area contributed by atoms with E-state index in [1.54, 1.807) is 37.1 Å². The molecule has 3 nitrogen and oxygen atoms in total. The maximum Gasteiger partial charge on any atom is 0.207 e. The molecule has 1 aromatic heterocycles. The van der Waals surface area contributed by atoms with Gasteiger partial charge in [0.15, 0.2) is 5.76 Å². The van der Waals surface area contributed by atoms with Gasteiger partial charge >= 0.3 is 0 Å². The normalized spacial score (nSPS) is 10.9. The number of fused-ring (bicyclic) bond motifs is 1. The Bertz CT molecular complexity index is 885. The SMILES string of the molecule is COc1ccc2oc(-c3ccc(SC)cc3)c(Br)c(=O)c2c1. The van der Waals surface area contributed by atoms with E-state index in [1.807, 2.05) is 30.5 Å². The van der Waals surface area contributed by atoms with Gasteiger partial charge in [0, 0.05) is 10.5 Å². The van der Waals surface area contributed by atoms with E-state index < -0.39 is 0 Å². The summed E-state index contributed by atoms with van der Waals surface area (Å²) in [5, 5.41) is 0.496. The predicted molar refractivity (Wildman–Crippen MR) is 94.0 cm³/mol. The van der Waals surface area contributed by atoms with E-state index in [-0.39, 0.29) is 5.43 Å². The molecule has 0 fully saturated rings. The first-order chi connectivity index (χ1) is 10.6. The van der Waals surface area contributed by atoms with E-state index >= 15 is 0 Å². The van der Waals surface area contributed by atoms with Crippen molar-refractivity contribution < 1.29 is 9.15 Å². The lowest BCUT2D eigenvalue weighted by Gasteiger charge is -2.08. The second kappa shape index (κ2) is 6.18. The summed E-state index contributed by atoms with van der Waals surface area (Å²) in [4.78, 5) is 13.7. The minimum atomic E-state index is -0.107. The molecule has 3 aromatic rings. The zero-order chi connectivity index (χ0) is 15.7. The van der Waals surface area contributed by atoms with Crippen LogP contribution in [0.25, 0.3) is 22.3 Å². The van der Waals surface area contributed by atoms with E-state index in [4.69, 9.17) is 9.15 Å². The molecule has 0 saturated carbocycles. The molecule has 0 radical (unpaired) electrons. The van der Waals surface area contributed by atoms with Gasteiger partial charge < -0.3 is 9.15 Å². The van der Waals surface area contributed by atoms with Gasteiger partial charge in [-0.1, -0.05) is 12.1 Å². The number of hydrogen-bond acceptors (Lipinski definition) is 4. The van der Waals surface area contributed by atoms with Crippen LogP contribution in [-0.2, 0) is 0 Å². The summed E-state index contributed by atoms with van der Waals surface area (Å²) in [5.74, 6) is 1.17. The fraction of sp³-hybridized carbons (Fsp3) is 0.118. The number of methoxy groups -OCH3 is 1. The van der Waals surface area contributed by atoms with Gasteiger partial charge in [-0.05, 0) is 52.5 Å². The minimum absolute atomic E-state index is 0.107. The average molecular weight is 377 g/mol. The number of benzene rings is 2. The first-order valence-corrected chi connectivity index (χ1v) is 8.60. The Morgan fingerprint density at radius 1 is 1.14 bits per heavy atom. The van der Waals surface area contributed by atoms with Crippen molar-refractivity contribution >= 4 is 38.7 Å². The van der Waals surface area contributed by atoms with Crippen molar-refractivity contribution in [1.29, 1.82) is 0 Å². The number of ether oxygens (including phenoxy) is 1. The van der Waals surface area contributed by atoms with Crippen molar-refractivity contribution in [3.05, 3.63) is 57.2 Å². The zero-order valence-corrected chi connectivity index (χ0v) is 14.5. The van der Waals surface area contributed by atoms with Crippen molar-refractivity contribution in [2.45, 2.75) is 4.90 Å². The maximum absolute atomic E-state index is 12.5. The second-order valence-corrected chi connectivity index (χ2v) is 6.34. The Kier molecular flexibility index (Phi) is 4.27. The molecule has 1 heterocycles. The molecule has 0 unspecified atom stereocenters. The summed E-state index contributed by atoms with van der Waals surface area (Å²) in [5.41, 5.74) is 1.29.